The van der Waals surface area contributed by atoms with Crippen LogP contribution in [0.15, 0.2) is 20.5 Å². The summed E-state index contributed by atoms with van der Waals surface area (Å²) in [5, 5.41) is 14.8. The van der Waals surface area contributed by atoms with Gasteiger partial charge in [0.1, 0.15) is 6.10 Å². The summed E-state index contributed by atoms with van der Waals surface area (Å²) in [6.07, 6.45) is 1.01. The zero-order chi connectivity index (χ0) is 14.0. The molecule has 1 atom stereocenters. The maximum Gasteiger partial charge on any atom is 0.131 e. The van der Waals surface area contributed by atoms with Crippen molar-refractivity contribution >= 4 is 43.2 Å². The quantitative estimate of drug-likeness (QED) is 0.821. The van der Waals surface area contributed by atoms with Gasteiger partial charge in [0.05, 0.1) is 33.3 Å². The Morgan fingerprint density at radius 1 is 1.53 bits per heavy atom. The Morgan fingerprint density at radius 3 is 2.84 bits per heavy atom. The van der Waals surface area contributed by atoms with Gasteiger partial charge in [0.2, 0.25) is 0 Å². The molecule has 4 nitrogen and oxygen atoms in total. The van der Waals surface area contributed by atoms with Crippen LogP contribution in [0, 0.1) is 6.92 Å². The molecule has 2 aromatic rings. The third-order valence-electron chi connectivity index (χ3n) is 2.75. The van der Waals surface area contributed by atoms with E-state index in [9.17, 15) is 5.11 Å². The van der Waals surface area contributed by atoms with Crippen molar-refractivity contribution in [3.05, 3.63) is 36.7 Å². The van der Waals surface area contributed by atoms with Crippen LogP contribution in [-0.2, 0) is 11.3 Å². The van der Waals surface area contributed by atoms with E-state index in [0.717, 1.165) is 24.4 Å². The smallest absolute Gasteiger partial charge is 0.131 e. The minimum absolute atomic E-state index is 0.557. The molecule has 2 rings (SSSR count). The van der Waals surface area contributed by atoms with Gasteiger partial charge in [-0.15, -0.1) is 11.3 Å². The van der Waals surface area contributed by atoms with E-state index in [1.165, 1.54) is 11.3 Å². The van der Waals surface area contributed by atoms with Crippen LogP contribution in [0.4, 0.5) is 0 Å². The third-order valence-corrected chi connectivity index (χ3v) is 5.55. The largest absolute Gasteiger partial charge is 0.383 e. The van der Waals surface area contributed by atoms with Gasteiger partial charge in [-0.3, -0.25) is 4.68 Å². The van der Waals surface area contributed by atoms with Gasteiger partial charge in [-0.2, -0.15) is 5.10 Å². The number of rotatable bonds is 5. The molecule has 1 N–H and O–H groups in total. The van der Waals surface area contributed by atoms with Gasteiger partial charge in [-0.25, -0.2) is 0 Å². The van der Waals surface area contributed by atoms with Crippen molar-refractivity contribution in [2.45, 2.75) is 19.6 Å². The Bertz CT molecular complexity index is 549. The molecule has 0 saturated heterocycles. The highest BCUT2D eigenvalue weighted by atomic mass is 79.9. The molecule has 0 spiro atoms. The van der Waals surface area contributed by atoms with Crippen molar-refractivity contribution in [1.82, 2.24) is 9.78 Å². The molecule has 0 fully saturated rings. The van der Waals surface area contributed by atoms with E-state index in [2.05, 4.69) is 37.0 Å². The zero-order valence-corrected chi connectivity index (χ0v) is 14.5. The molecule has 0 aliphatic heterocycles. The molecular weight excluding hydrogens is 396 g/mol. The number of aliphatic hydroxyl groups excluding tert-OH is 1. The maximum absolute atomic E-state index is 10.5. The van der Waals surface area contributed by atoms with Gasteiger partial charge in [0.25, 0.3) is 0 Å². The lowest BCUT2D eigenvalue weighted by Crippen LogP contribution is -2.13. The highest BCUT2D eigenvalue weighted by Crippen LogP contribution is 2.36. The number of hydrogen-bond donors (Lipinski definition) is 1. The van der Waals surface area contributed by atoms with Crippen molar-refractivity contribution in [2.75, 3.05) is 13.7 Å². The van der Waals surface area contributed by atoms with Crippen molar-refractivity contribution in [1.29, 1.82) is 0 Å². The van der Waals surface area contributed by atoms with Crippen molar-refractivity contribution in [3.63, 3.8) is 0 Å². The van der Waals surface area contributed by atoms with Crippen molar-refractivity contribution < 1.29 is 9.84 Å². The van der Waals surface area contributed by atoms with Gasteiger partial charge < -0.3 is 9.84 Å². The molecule has 0 bridgehead atoms. The van der Waals surface area contributed by atoms with Crippen LogP contribution in [0.1, 0.15) is 22.2 Å². The first-order valence-corrected chi connectivity index (χ1v) is 8.09. The minimum atomic E-state index is -0.691. The first kappa shape index (κ1) is 15.2. The van der Waals surface area contributed by atoms with E-state index >= 15 is 0 Å². The summed E-state index contributed by atoms with van der Waals surface area (Å²) in [5.41, 5.74) is 1.88. The SMILES string of the molecule is COCCn1ncc(Br)c1C(O)c1cc(C)c(Br)s1. The minimum Gasteiger partial charge on any atom is -0.383 e. The van der Waals surface area contributed by atoms with E-state index in [1.54, 1.807) is 18.0 Å². The molecule has 2 heterocycles. The van der Waals surface area contributed by atoms with E-state index < -0.39 is 6.10 Å². The van der Waals surface area contributed by atoms with Crippen LogP contribution in [0.25, 0.3) is 0 Å². The van der Waals surface area contributed by atoms with Crippen LogP contribution >= 0.6 is 43.2 Å². The Kier molecular flexibility index (Phi) is 5.19. The Morgan fingerprint density at radius 2 is 2.26 bits per heavy atom. The van der Waals surface area contributed by atoms with Gasteiger partial charge in [-0.05, 0) is 50.4 Å². The maximum atomic E-state index is 10.5. The molecule has 0 aliphatic rings. The number of ether oxygens (including phenoxy) is 1. The predicted molar refractivity (Wildman–Crippen MR) is 82.6 cm³/mol. The summed E-state index contributed by atoms with van der Waals surface area (Å²) in [7, 11) is 1.65. The van der Waals surface area contributed by atoms with E-state index in [4.69, 9.17) is 4.74 Å². The molecule has 0 amide bonds. The number of nitrogens with zero attached hydrogens (tertiary/aromatic N) is 2. The highest BCUT2D eigenvalue weighted by Gasteiger charge is 2.21. The fraction of sp³-hybridized carbons (Fsp3) is 0.417. The molecular formula is C12H14Br2N2O2S. The molecule has 0 aliphatic carbocycles. The summed E-state index contributed by atoms with van der Waals surface area (Å²) in [6.45, 7) is 3.18. The number of thiophene rings is 1. The second-order valence-electron chi connectivity index (χ2n) is 4.10. The number of hydrogen-bond acceptors (Lipinski definition) is 4. The number of halogens is 2. The molecule has 1 unspecified atom stereocenters. The lowest BCUT2D eigenvalue weighted by Gasteiger charge is -2.12. The summed E-state index contributed by atoms with van der Waals surface area (Å²) in [6, 6.07) is 1.99. The van der Waals surface area contributed by atoms with Crippen LogP contribution in [-0.4, -0.2) is 28.6 Å². The number of aryl methyl sites for hydroxylation is 1. The Balaban J connectivity index is 2.32. The van der Waals surface area contributed by atoms with Crippen LogP contribution in [0.3, 0.4) is 0 Å². The fourth-order valence-corrected chi connectivity index (χ4v) is 3.83. The van der Waals surface area contributed by atoms with E-state index in [-0.39, 0.29) is 0 Å². The van der Waals surface area contributed by atoms with Gasteiger partial charge in [0, 0.05) is 12.0 Å². The van der Waals surface area contributed by atoms with Crippen molar-refractivity contribution in [2.24, 2.45) is 0 Å². The van der Waals surface area contributed by atoms with Gasteiger partial charge in [0.15, 0.2) is 0 Å². The first-order chi connectivity index (χ1) is 9.04. The second-order valence-corrected chi connectivity index (χ2v) is 7.36. The number of methoxy groups -OCH3 is 1. The average molecular weight is 410 g/mol. The lowest BCUT2D eigenvalue weighted by molar-refractivity contribution is 0.172. The number of aromatic nitrogens is 2. The molecule has 19 heavy (non-hydrogen) atoms. The molecule has 0 aromatic carbocycles. The normalized spacial score (nSPS) is 12.9. The predicted octanol–water partition coefficient (Wildman–Crippen LogP) is 3.51. The van der Waals surface area contributed by atoms with E-state index in [1.807, 2.05) is 13.0 Å². The second kappa shape index (κ2) is 6.49. The molecule has 0 saturated carbocycles. The zero-order valence-electron chi connectivity index (χ0n) is 10.6. The summed E-state index contributed by atoms with van der Waals surface area (Å²) < 4.78 is 8.67. The summed E-state index contributed by atoms with van der Waals surface area (Å²) >= 11 is 8.46. The third kappa shape index (κ3) is 3.28. The topological polar surface area (TPSA) is 47.3 Å². The molecule has 104 valence electrons. The first-order valence-electron chi connectivity index (χ1n) is 5.68. The summed E-state index contributed by atoms with van der Waals surface area (Å²) in [4.78, 5) is 0.893. The Hall–Kier alpha value is -0.210. The monoisotopic (exact) mass is 408 g/mol. The van der Waals surface area contributed by atoms with Crippen molar-refractivity contribution in [3.8, 4) is 0 Å². The average Bonchev–Trinajstić information content (AvgIpc) is 2.90. The molecule has 7 heteroatoms. The van der Waals surface area contributed by atoms with Gasteiger partial charge >= 0.3 is 0 Å². The van der Waals surface area contributed by atoms with E-state index in [0.29, 0.717) is 13.2 Å². The summed E-state index contributed by atoms with van der Waals surface area (Å²) in [5.74, 6) is 0. The van der Waals surface area contributed by atoms with Crippen LogP contribution in [0.2, 0.25) is 0 Å². The highest BCUT2D eigenvalue weighted by molar-refractivity contribution is 9.11. The van der Waals surface area contributed by atoms with Crippen LogP contribution < -0.4 is 0 Å². The Labute approximate surface area is 132 Å². The standard InChI is InChI=1S/C12H14Br2N2O2S/c1-7-5-9(19-12(7)14)11(17)10-8(13)6-15-16(10)3-4-18-2/h5-6,11,17H,3-4H2,1-2H3. The number of aliphatic hydroxyl groups is 1. The fourth-order valence-electron chi connectivity index (χ4n) is 1.75. The molecule has 0 radical (unpaired) electrons. The molecule has 2 aromatic heterocycles. The van der Waals surface area contributed by atoms with Crippen LogP contribution in [0.5, 0.6) is 0 Å². The van der Waals surface area contributed by atoms with Gasteiger partial charge in [-0.1, -0.05) is 0 Å². The lowest BCUT2D eigenvalue weighted by atomic mass is 10.2.